The average molecular weight is 231 g/mol. The molecule has 0 atom stereocenters. The molecule has 0 unspecified atom stereocenters. The number of carboxylic acids is 1. The van der Waals surface area contributed by atoms with Crippen LogP contribution >= 0.6 is 0 Å². The van der Waals surface area contributed by atoms with Gasteiger partial charge in [0.15, 0.2) is 0 Å². The van der Waals surface area contributed by atoms with Gasteiger partial charge in [0.2, 0.25) is 0 Å². The molecule has 3 nitrogen and oxygen atoms in total. The molecule has 86 valence electrons. The highest BCUT2D eigenvalue weighted by atomic mass is 19.1. The summed E-state index contributed by atoms with van der Waals surface area (Å²) in [7, 11) is 0. The second kappa shape index (κ2) is 4.33. The van der Waals surface area contributed by atoms with Crippen LogP contribution in [0.1, 0.15) is 16.1 Å². The Balaban J connectivity index is 2.43. The molecule has 17 heavy (non-hydrogen) atoms. The van der Waals surface area contributed by atoms with Gasteiger partial charge in [-0.1, -0.05) is 12.1 Å². The molecule has 0 bridgehead atoms. The first-order valence-corrected chi connectivity index (χ1v) is 5.04. The molecule has 0 fully saturated rings. The van der Waals surface area contributed by atoms with E-state index in [4.69, 9.17) is 5.11 Å². The second-order valence-electron chi connectivity index (χ2n) is 3.70. The Labute approximate surface area is 97.6 Å². The molecule has 0 aliphatic carbocycles. The topological polar surface area (TPSA) is 50.2 Å². The third kappa shape index (κ3) is 2.30. The van der Waals surface area contributed by atoms with Crippen LogP contribution in [0.25, 0.3) is 11.1 Å². The van der Waals surface area contributed by atoms with Crippen molar-refractivity contribution in [2.45, 2.75) is 6.92 Å². The first-order chi connectivity index (χ1) is 8.08. The van der Waals surface area contributed by atoms with E-state index < -0.39 is 5.97 Å². The minimum absolute atomic E-state index is 0.00600. The molecule has 4 heteroatoms. The van der Waals surface area contributed by atoms with Crippen LogP contribution in [0.3, 0.4) is 0 Å². The Bertz CT molecular complexity index is 564. The van der Waals surface area contributed by atoms with Gasteiger partial charge in [0.05, 0.1) is 0 Å². The number of hydrogen-bond donors (Lipinski definition) is 1. The molecule has 0 amide bonds. The van der Waals surface area contributed by atoms with Gasteiger partial charge in [0.25, 0.3) is 0 Å². The molecule has 1 heterocycles. The predicted molar refractivity (Wildman–Crippen MR) is 61.3 cm³/mol. The van der Waals surface area contributed by atoms with Gasteiger partial charge >= 0.3 is 5.97 Å². The summed E-state index contributed by atoms with van der Waals surface area (Å²) in [6.07, 6.45) is 1.48. The van der Waals surface area contributed by atoms with Crippen molar-refractivity contribution >= 4 is 5.97 Å². The molecular formula is C13H10FNO2. The van der Waals surface area contributed by atoms with E-state index in [1.54, 1.807) is 19.1 Å². The van der Waals surface area contributed by atoms with E-state index in [1.807, 2.05) is 0 Å². The summed E-state index contributed by atoms with van der Waals surface area (Å²) in [5.41, 5.74) is 2.40. The van der Waals surface area contributed by atoms with Crippen LogP contribution in [-0.2, 0) is 0 Å². The van der Waals surface area contributed by atoms with Crippen molar-refractivity contribution in [3.8, 4) is 11.1 Å². The van der Waals surface area contributed by atoms with Crippen molar-refractivity contribution in [1.29, 1.82) is 0 Å². The summed E-state index contributed by atoms with van der Waals surface area (Å²) in [5, 5.41) is 8.73. The van der Waals surface area contributed by atoms with Crippen molar-refractivity contribution in [2.24, 2.45) is 0 Å². The van der Waals surface area contributed by atoms with E-state index in [9.17, 15) is 9.18 Å². The van der Waals surface area contributed by atoms with E-state index in [0.717, 1.165) is 16.7 Å². The third-order valence-corrected chi connectivity index (χ3v) is 2.48. The van der Waals surface area contributed by atoms with Crippen molar-refractivity contribution < 1.29 is 14.3 Å². The first-order valence-electron chi connectivity index (χ1n) is 5.04. The minimum Gasteiger partial charge on any atom is -0.477 e. The number of aromatic carboxylic acids is 1. The number of hydrogen-bond acceptors (Lipinski definition) is 2. The van der Waals surface area contributed by atoms with Crippen LogP contribution in [0, 0.1) is 12.7 Å². The fourth-order valence-electron chi connectivity index (χ4n) is 1.63. The van der Waals surface area contributed by atoms with Gasteiger partial charge < -0.3 is 5.11 Å². The van der Waals surface area contributed by atoms with Gasteiger partial charge in [-0.25, -0.2) is 14.2 Å². The quantitative estimate of drug-likeness (QED) is 0.864. The van der Waals surface area contributed by atoms with Crippen molar-refractivity contribution in [2.75, 3.05) is 0 Å². The number of nitrogens with zero attached hydrogens (tertiary/aromatic N) is 1. The van der Waals surface area contributed by atoms with Gasteiger partial charge in [-0.15, -0.1) is 0 Å². The van der Waals surface area contributed by atoms with E-state index in [-0.39, 0.29) is 11.5 Å². The number of aryl methyl sites for hydroxylation is 1. The smallest absolute Gasteiger partial charge is 0.354 e. The van der Waals surface area contributed by atoms with Gasteiger partial charge in [-0.3, -0.25) is 0 Å². The zero-order valence-electron chi connectivity index (χ0n) is 9.14. The van der Waals surface area contributed by atoms with Crippen molar-refractivity contribution in [1.82, 2.24) is 4.98 Å². The second-order valence-corrected chi connectivity index (χ2v) is 3.70. The monoisotopic (exact) mass is 231 g/mol. The highest BCUT2D eigenvalue weighted by molar-refractivity contribution is 5.85. The number of halogens is 1. The Morgan fingerprint density at radius 1 is 1.29 bits per heavy atom. The molecular weight excluding hydrogens is 221 g/mol. The standard InChI is InChI=1S/C13H10FNO2/c1-8-6-10(14)3-4-11(8)9-2-5-12(13(16)17)15-7-9/h2-7H,1H3,(H,16,17). The van der Waals surface area contributed by atoms with Crippen LogP contribution in [-0.4, -0.2) is 16.1 Å². The van der Waals surface area contributed by atoms with Crippen LogP contribution in [0.5, 0.6) is 0 Å². The van der Waals surface area contributed by atoms with Crippen LogP contribution in [0.4, 0.5) is 4.39 Å². The summed E-state index contributed by atoms with van der Waals surface area (Å²) in [4.78, 5) is 14.5. The molecule has 0 radical (unpaired) electrons. The van der Waals surface area contributed by atoms with Crippen LogP contribution in [0.15, 0.2) is 36.5 Å². The highest BCUT2D eigenvalue weighted by Gasteiger charge is 2.06. The summed E-state index contributed by atoms with van der Waals surface area (Å²) >= 11 is 0. The van der Waals surface area contributed by atoms with Crippen molar-refractivity contribution in [3.05, 3.63) is 53.6 Å². The number of aromatic nitrogens is 1. The fourth-order valence-corrected chi connectivity index (χ4v) is 1.63. The van der Waals surface area contributed by atoms with Gasteiger partial charge in [0.1, 0.15) is 11.5 Å². The maximum atomic E-state index is 12.9. The number of carbonyl (C=O) groups is 1. The van der Waals surface area contributed by atoms with Crippen LogP contribution in [0.2, 0.25) is 0 Å². The molecule has 1 N–H and O–H groups in total. The lowest BCUT2D eigenvalue weighted by Gasteiger charge is -2.05. The van der Waals surface area contributed by atoms with Crippen molar-refractivity contribution in [3.63, 3.8) is 0 Å². The summed E-state index contributed by atoms with van der Waals surface area (Å²) in [6.45, 7) is 1.80. The largest absolute Gasteiger partial charge is 0.477 e. The lowest BCUT2D eigenvalue weighted by atomic mass is 10.0. The molecule has 2 aromatic rings. The SMILES string of the molecule is Cc1cc(F)ccc1-c1ccc(C(=O)O)nc1. The Morgan fingerprint density at radius 2 is 2.06 bits per heavy atom. The lowest BCUT2D eigenvalue weighted by molar-refractivity contribution is 0.0690. The fraction of sp³-hybridized carbons (Fsp3) is 0.0769. The average Bonchev–Trinajstić information content (AvgIpc) is 2.29. The number of benzene rings is 1. The highest BCUT2D eigenvalue weighted by Crippen LogP contribution is 2.23. The molecule has 2 rings (SSSR count). The molecule has 1 aromatic heterocycles. The maximum absolute atomic E-state index is 12.9. The van der Waals surface area contributed by atoms with E-state index in [2.05, 4.69) is 4.98 Å². The maximum Gasteiger partial charge on any atom is 0.354 e. The van der Waals surface area contributed by atoms with Gasteiger partial charge in [0, 0.05) is 11.8 Å². The molecule has 0 aliphatic heterocycles. The third-order valence-electron chi connectivity index (χ3n) is 2.48. The zero-order valence-corrected chi connectivity index (χ0v) is 9.14. The Kier molecular flexibility index (Phi) is 2.87. The normalized spacial score (nSPS) is 10.2. The summed E-state index contributed by atoms with van der Waals surface area (Å²) in [5.74, 6) is -1.35. The lowest BCUT2D eigenvalue weighted by Crippen LogP contribution is -1.99. The van der Waals surface area contributed by atoms with E-state index in [0.29, 0.717) is 0 Å². The van der Waals surface area contributed by atoms with E-state index in [1.165, 1.54) is 24.4 Å². The molecule has 0 saturated heterocycles. The Hall–Kier alpha value is -2.23. The summed E-state index contributed by atoms with van der Waals surface area (Å²) in [6, 6.07) is 7.55. The number of pyridine rings is 1. The first kappa shape index (κ1) is 11.3. The van der Waals surface area contributed by atoms with Gasteiger partial charge in [-0.05, 0) is 36.2 Å². The molecule has 0 saturated carbocycles. The minimum atomic E-state index is -1.06. The Morgan fingerprint density at radius 3 is 2.59 bits per heavy atom. The zero-order chi connectivity index (χ0) is 12.4. The van der Waals surface area contributed by atoms with Crippen LogP contribution < -0.4 is 0 Å². The number of rotatable bonds is 2. The summed E-state index contributed by atoms with van der Waals surface area (Å²) < 4.78 is 12.9. The molecule has 0 aliphatic rings. The molecule has 1 aromatic carbocycles. The van der Waals surface area contributed by atoms with E-state index >= 15 is 0 Å². The molecule has 0 spiro atoms. The predicted octanol–water partition coefficient (Wildman–Crippen LogP) is 2.89. The van der Waals surface area contributed by atoms with Gasteiger partial charge in [-0.2, -0.15) is 0 Å². The number of carboxylic acid groups (broad SMARTS) is 1.